The highest BCUT2D eigenvalue weighted by molar-refractivity contribution is 6.24. The molecule has 9 nitrogen and oxygen atoms in total. The van der Waals surface area contributed by atoms with Crippen molar-refractivity contribution in [3.05, 3.63) is 34.9 Å². The quantitative estimate of drug-likeness (QED) is 0.654. The van der Waals surface area contributed by atoms with Crippen LogP contribution in [0.3, 0.4) is 0 Å². The molecule has 3 fully saturated rings. The fourth-order valence-electron chi connectivity index (χ4n) is 4.99. The van der Waals surface area contributed by atoms with Gasteiger partial charge in [0.2, 0.25) is 11.8 Å². The summed E-state index contributed by atoms with van der Waals surface area (Å²) < 4.78 is 6.04. The SMILES string of the molecule is O=C1CCC(N2C(=O)c3cccc(CN4CCOC5(CCNC5)C4)c3C2=O)C(=O)N1. The number of nitrogens with zero attached hydrogens (tertiary/aromatic N) is 2. The van der Waals surface area contributed by atoms with Crippen molar-refractivity contribution in [2.24, 2.45) is 0 Å². The van der Waals surface area contributed by atoms with E-state index in [1.54, 1.807) is 12.1 Å². The summed E-state index contributed by atoms with van der Waals surface area (Å²) in [5.74, 6) is -1.89. The van der Waals surface area contributed by atoms with E-state index < -0.39 is 23.8 Å². The van der Waals surface area contributed by atoms with Crippen LogP contribution in [0.25, 0.3) is 0 Å². The van der Waals surface area contributed by atoms with E-state index in [9.17, 15) is 19.2 Å². The zero-order valence-corrected chi connectivity index (χ0v) is 16.6. The maximum atomic E-state index is 13.2. The minimum absolute atomic E-state index is 0.112. The lowest BCUT2D eigenvalue weighted by molar-refractivity contribution is -0.136. The van der Waals surface area contributed by atoms with Gasteiger partial charge in [-0.15, -0.1) is 0 Å². The van der Waals surface area contributed by atoms with Crippen molar-refractivity contribution >= 4 is 23.6 Å². The summed E-state index contributed by atoms with van der Waals surface area (Å²) in [6, 6.07) is 4.33. The van der Waals surface area contributed by atoms with Crippen molar-refractivity contribution in [1.29, 1.82) is 0 Å². The Morgan fingerprint density at radius 3 is 2.80 bits per heavy atom. The number of morpholine rings is 1. The van der Waals surface area contributed by atoms with Crippen molar-refractivity contribution in [1.82, 2.24) is 20.4 Å². The van der Waals surface area contributed by atoms with Gasteiger partial charge >= 0.3 is 0 Å². The lowest BCUT2D eigenvalue weighted by Gasteiger charge is -2.40. The van der Waals surface area contributed by atoms with Gasteiger partial charge in [-0.2, -0.15) is 0 Å². The molecule has 2 N–H and O–H groups in total. The Labute approximate surface area is 173 Å². The molecule has 0 saturated carbocycles. The Kier molecular flexibility index (Phi) is 4.68. The third-order valence-electron chi connectivity index (χ3n) is 6.48. The van der Waals surface area contributed by atoms with Gasteiger partial charge in [0.25, 0.3) is 11.8 Å². The van der Waals surface area contributed by atoms with Gasteiger partial charge < -0.3 is 10.1 Å². The second-order valence-corrected chi connectivity index (χ2v) is 8.46. The normalized spacial score (nSPS) is 29.6. The van der Waals surface area contributed by atoms with Crippen LogP contribution < -0.4 is 10.6 Å². The first-order chi connectivity index (χ1) is 14.5. The minimum atomic E-state index is -0.945. The Bertz CT molecular complexity index is 939. The van der Waals surface area contributed by atoms with Gasteiger partial charge in [-0.25, -0.2) is 0 Å². The molecule has 0 radical (unpaired) electrons. The van der Waals surface area contributed by atoms with Crippen molar-refractivity contribution in [3.8, 4) is 0 Å². The van der Waals surface area contributed by atoms with E-state index in [1.807, 2.05) is 6.07 Å². The fourth-order valence-corrected chi connectivity index (χ4v) is 4.99. The third kappa shape index (κ3) is 3.13. The summed E-state index contributed by atoms with van der Waals surface area (Å²) >= 11 is 0. The lowest BCUT2D eigenvalue weighted by Crippen LogP contribution is -2.54. The number of carbonyl (C=O) groups excluding carboxylic acids is 4. The number of piperidine rings is 1. The van der Waals surface area contributed by atoms with E-state index in [-0.39, 0.29) is 24.3 Å². The number of fused-ring (bicyclic) bond motifs is 1. The standard InChI is InChI=1S/C21H24N4O5/c26-16-5-4-15(18(27)23-16)25-19(28)14-3-1-2-13(17(14)20(25)29)10-24-8-9-30-21(12-24)6-7-22-11-21/h1-3,15,22H,4-12H2,(H,23,26,27). The van der Waals surface area contributed by atoms with Crippen LogP contribution in [0.15, 0.2) is 18.2 Å². The predicted molar refractivity (Wildman–Crippen MR) is 105 cm³/mol. The van der Waals surface area contributed by atoms with Crippen molar-refractivity contribution in [2.75, 3.05) is 32.8 Å². The summed E-state index contributed by atoms with van der Waals surface area (Å²) in [6.07, 6.45) is 1.22. The number of carbonyl (C=O) groups is 4. The van der Waals surface area contributed by atoms with Gasteiger partial charge in [0, 0.05) is 32.6 Å². The van der Waals surface area contributed by atoms with Crippen LogP contribution in [0.4, 0.5) is 0 Å². The van der Waals surface area contributed by atoms with Crippen LogP contribution in [0.5, 0.6) is 0 Å². The van der Waals surface area contributed by atoms with Gasteiger partial charge in [-0.1, -0.05) is 12.1 Å². The molecule has 3 saturated heterocycles. The zero-order chi connectivity index (χ0) is 20.9. The van der Waals surface area contributed by atoms with Gasteiger partial charge in [0.05, 0.1) is 23.3 Å². The molecule has 4 amide bonds. The molecule has 2 unspecified atom stereocenters. The molecular weight excluding hydrogens is 388 g/mol. The van der Waals surface area contributed by atoms with Gasteiger partial charge in [-0.3, -0.25) is 34.3 Å². The molecular formula is C21H24N4O5. The molecule has 1 aromatic carbocycles. The molecule has 5 rings (SSSR count). The Balaban J connectivity index is 1.40. The van der Waals surface area contributed by atoms with Crippen LogP contribution in [0.1, 0.15) is 45.5 Å². The highest BCUT2D eigenvalue weighted by atomic mass is 16.5. The number of ether oxygens (including phenoxy) is 1. The summed E-state index contributed by atoms with van der Waals surface area (Å²) in [7, 11) is 0. The first-order valence-electron chi connectivity index (χ1n) is 10.4. The van der Waals surface area contributed by atoms with E-state index in [0.717, 1.165) is 43.1 Å². The molecule has 2 atom stereocenters. The van der Waals surface area contributed by atoms with E-state index in [1.165, 1.54) is 0 Å². The molecule has 0 aliphatic carbocycles. The molecule has 1 spiro atoms. The number of amides is 4. The second kappa shape index (κ2) is 7.26. The van der Waals surface area contributed by atoms with Gasteiger partial charge in [0.1, 0.15) is 6.04 Å². The third-order valence-corrected chi connectivity index (χ3v) is 6.48. The molecule has 0 bridgehead atoms. The molecule has 1 aromatic rings. The van der Waals surface area contributed by atoms with Crippen LogP contribution >= 0.6 is 0 Å². The summed E-state index contributed by atoms with van der Waals surface area (Å²) in [4.78, 5) is 53.2. The number of rotatable bonds is 3. The molecule has 9 heteroatoms. The molecule has 30 heavy (non-hydrogen) atoms. The second-order valence-electron chi connectivity index (χ2n) is 8.46. The number of hydrogen-bond donors (Lipinski definition) is 2. The maximum Gasteiger partial charge on any atom is 0.262 e. The minimum Gasteiger partial charge on any atom is -0.371 e. The Hall–Kier alpha value is -2.62. The van der Waals surface area contributed by atoms with Crippen LogP contribution in [0, 0.1) is 0 Å². The average molecular weight is 412 g/mol. The van der Waals surface area contributed by atoms with E-state index in [0.29, 0.717) is 24.3 Å². The summed E-state index contributed by atoms with van der Waals surface area (Å²) in [5.41, 5.74) is 1.29. The number of nitrogens with one attached hydrogen (secondary N) is 2. The Morgan fingerprint density at radius 2 is 2.03 bits per heavy atom. The van der Waals surface area contributed by atoms with E-state index in [2.05, 4.69) is 15.5 Å². The number of imide groups is 2. The lowest BCUT2D eigenvalue weighted by atomic mass is 9.98. The Morgan fingerprint density at radius 1 is 1.17 bits per heavy atom. The van der Waals surface area contributed by atoms with E-state index in [4.69, 9.17) is 4.74 Å². The zero-order valence-electron chi connectivity index (χ0n) is 16.6. The van der Waals surface area contributed by atoms with Crippen LogP contribution in [0.2, 0.25) is 0 Å². The van der Waals surface area contributed by atoms with Crippen molar-refractivity contribution < 1.29 is 23.9 Å². The van der Waals surface area contributed by atoms with Crippen molar-refractivity contribution in [3.63, 3.8) is 0 Å². The fraction of sp³-hybridized carbons (Fsp3) is 0.524. The highest BCUT2D eigenvalue weighted by Crippen LogP contribution is 2.32. The highest BCUT2D eigenvalue weighted by Gasteiger charge is 2.46. The van der Waals surface area contributed by atoms with E-state index >= 15 is 0 Å². The largest absolute Gasteiger partial charge is 0.371 e. The monoisotopic (exact) mass is 412 g/mol. The summed E-state index contributed by atoms with van der Waals surface area (Å²) in [6.45, 7) is 4.44. The molecule has 4 aliphatic rings. The van der Waals surface area contributed by atoms with Gasteiger partial charge in [-0.05, 0) is 31.0 Å². The number of benzene rings is 1. The van der Waals surface area contributed by atoms with Crippen molar-refractivity contribution in [2.45, 2.75) is 37.5 Å². The summed E-state index contributed by atoms with van der Waals surface area (Å²) in [5, 5.41) is 5.58. The van der Waals surface area contributed by atoms with Gasteiger partial charge in [0.15, 0.2) is 0 Å². The first-order valence-corrected chi connectivity index (χ1v) is 10.4. The predicted octanol–water partition coefficient (Wildman–Crippen LogP) is -0.348. The molecule has 4 aliphatic heterocycles. The smallest absolute Gasteiger partial charge is 0.262 e. The molecule has 0 aromatic heterocycles. The molecule has 158 valence electrons. The van der Waals surface area contributed by atoms with Crippen LogP contribution in [-0.2, 0) is 20.9 Å². The van der Waals surface area contributed by atoms with Crippen LogP contribution in [-0.4, -0.2) is 77.9 Å². The topological polar surface area (TPSA) is 108 Å². The first kappa shape index (κ1) is 19.3. The average Bonchev–Trinajstić information content (AvgIpc) is 3.26. The molecule has 4 heterocycles. The number of hydrogen-bond acceptors (Lipinski definition) is 7. The maximum absolute atomic E-state index is 13.2.